The van der Waals surface area contributed by atoms with Crippen LogP contribution in [0.2, 0.25) is 0 Å². The second kappa shape index (κ2) is 6.85. The van der Waals surface area contributed by atoms with E-state index >= 15 is 0 Å². The number of nitrogens with two attached hydrogens (primary N) is 2. The van der Waals surface area contributed by atoms with Gasteiger partial charge in [-0.05, 0) is 36.6 Å². The van der Waals surface area contributed by atoms with Gasteiger partial charge >= 0.3 is 0 Å². The molecule has 0 bridgehead atoms. The van der Waals surface area contributed by atoms with Crippen LogP contribution in [0.15, 0.2) is 42.6 Å². The largest absolute Gasteiger partial charge is 0.439 e. The summed E-state index contributed by atoms with van der Waals surface area (Å²) in [6, 6.07) is 11.1. The molecule has 0 aliphatic carbocycles. The zero-order valence-electron chi connectivity index (χ0n) is 12.0. The van der Waals surface area contributed by atoms with Crippen LogP contribution >= 0.6 is 0 Å². The van der Waals surface area contributed by atoms with Gasteiger partial charge in [-0.2, -0.15) is 0 Å². The number of aromatic nitrogens is 1. The number of rotatable bonds is 6. The Morgan fingerprint density at radius 1 is 1.24 bits per heavy atom. The first-order chi connectivity index (χ1) is 10.1. The highest BCUT2D eigenvalue weighted by molar-refractivity contribution is 5.92. The molecule has 0 radical (unpaired) electrons. The summed E-state index contributed by atoms with van der Waals surface area (Å²) in [4.78, 5) is 15.0. The van der Waals surface area contributed by atoms with Gasteiger partial charge in [0.15, 0.2) is 0 Å². The third-order valence-electron chi connectivity index (χ3n) is 3.19. The van der Waals surface area contributed by atoms with E-state index in [1.807, 2.05) is 24.3 Å². The second-order valence-corrected chi connectivity index (χ2v) is 4.87. The number of amides is 1. The zero-order valence-corrected chi connectivity index (χ0v) is 12.0. The highest BCUT2D eigenvalue weighted by atomic mass is 16.5. The SMILES string of the molecule is CCC(N)Cc1ccc(Oc2ccc(C(N)=O)cn2)cc1. The Kier molecular flexibility index (Phi) is 4.90. The van der Waals surface area contributed by atoms with Crippen LogP contribution in [0.1, 0.15) is 29.3 Å². The number of benzene rings is 1. The first-order valence-electron chi connectivity index (χ1n) is 6.86. The average molecular weight is 285 g/mol. The van der Waals surface area contributed by atoms with E-state index in [0.29, 0.717) is 17.2 Å². The minimum absolute atomic E-state index is 0.180. The molecule has 1 aromatic heterocycles. The summed E-state index contributed by atoms with van der Waals surface area (Å²) in [5.74, 6) is 0.590. The normalized spacial score (nSPS) is 11.9. The van der Waals surface area contributed by atoms with Crippen molar-refractivity contribution in [1.82, 2.24) is 4.98 Å². The summed E-state index contributed by atoms with van der Waals surface area (Å²) in [6.07, 6.45) is 3.20. The third-order valence-corrected chi connectivity index (χ3v) is 3.19. The Hall–Kier alpha value is -2.40. The van der Waals surface area contributed by atoms with Gasteiger partial charge in [0.1, 0.15) is 5.75 Å². The van der Waals surface area contributed by atoms with E-state index < -0.39 is 5.91 Å². The number of carbonyl (C=O) groups excluding carboxylic acids is 1. The Balaban J connectivity index is 2.01. The number of hydrogen-bond donors (Lipinski definition) is 2. The van der Waals surface area contributed by atoms with Crippen molar-refractivity contribution >= 4 is 5.91 Å². The van der Waals surface area contributed by atoms with E-state index in [9.17, 15) is 4.79 Å². The van der Waals surface area contributed by atoms with E-state index in [1.54, 1.807) is 12.1 Å². The summed E-state index contributed by atoms with van der Waals surface area (Å²) < 4.78 is 5.60. The molecular formula is C16H19N3O2. The maximum absolute atomic E-state index is 11.0. The first-order valence-corrected chi connectivity index (χ1v) is 6.86. The first kappa shape index (κ1) is 15.0. The summed E-state index contributed by atoms with van der Waals surface area (Å²) in [5.41, 5.74) is 12.6. The van der Waals surface area contributed by atoms with Crippen LogP contribution in [0.3, 0.4) is 0 Å². The molecular weight excluding hydrogens is 266 g/mol. The number of primary amides is 1. The van der Waals surface area contributed by atoms with Gasteiger partial charge in [0, 0.05) is 18.3 Å². The molecule has 2 aromatic rings. The average Bonchev–Trinajstić information content (AvgIpc) is 2.49. The summed E-state index contributed by atoms with van der Waals surface area (Å²) in [7, 11) is 0. The Labute approximate surface area is 123 Å². The second-order valence-electron chi connectivity index (χ2n) is 4.87. The molecule has 1 unspecified atom stereocenters. The van der Waals surface area contributed by atoms with Gasteiger partial charge in [-0.25, -0.2) is 4.98 Å². The highest BCUT2D eigenvalue weighted by Crippen LogP contribution is 2.20. The van der Waals surface area contributed by atoms with Crippen LogP contribution in [-0.4, -0.2) is 16.9 Å². The molecule has 0 aliphatic rings. The topological polar surface area (TPSA) is 91.2 Å². The molecule has 0 fully saturated rings. The quantitative estimate of drug-likeness (QED) is 0.851. The highest BCUT2D eigenvalue weighted by Gasteiger charge is 2.04. The fourth-order valence-electron chi connectivity index (χ4n) is 1.85. The summed E-state index contributed by atoms with van der Waals surface area (Å²) in [5, 5.41) is 0. The van der Waals surface area contributed by atoms with Crippen molar-refractivity contribution < 1.29 is 9.53 Å². The smallest absolute Gasteiger partial charge is 0.250 e. The third kappa shape index (κ3) is 4.29. The van der Waals surface area contributed by atoms with Gasteiger partial charge in [0.2, 0.25) is 11.8 Å². The molecule has 2 rings (SSSR count). The maximum atomic E-state index is 11.0. The van der Waals surface area contributed by atoms with Crippen molar-refractivity contribution in [2.24, 2.45) is 11.5 Å². The van der Waals surface area contributed by atoms with E-state index in [2.05, 4.69) is 11.9 Å². The molecule has 0 aliphatic heterocycles. The molecule has 1 atom stereocenters. The fourth-order valence-corrected chi connectivity index (χ4v) is 1.85. The molecule has 21 heavy (non-hydrogen) atoms. The van der Waals surface area contributed by atoms with Crippen molar-refractivity contribution in [2.75, 3.05) is 0 Å². The molecule has 0 saturated heterocycles. The lowest BCUT2D eigenvalue weighted by molar-refractivity contribution is 0.1000. The van der Waals surface area contributed by atoms with Gasteiger partial charge in [0.25, 0.3) is 0 Å². The molecule has 0 spiro atoms. The van der Waals surface area contributed by atoms with Gasteiger partial charge in [-0.3, -0.25) is 4.79 Å². The van der Waals surface area contributed by atoms with Crippen LogP contribution in [0, 0.1) is 0 Å². The lowest BCUT2D eigenvalue weighted by Crippen LogP contribution is -2.21. The molecule has 0 saturated carbocycles. The van der Waals surface area contributed by atoms with Crippen molar-refractivity contribution in [1.29, 1.82) is 0 Å². The molecule has 4 N–H and O–H groups in total. The van der Waals surface area contributed by atoms with Crippen molar-refractivity contribution in [3.8, 4) is 11.6 Å². The monoisotopic (exact) mass is 285 g/mol. The van der Waals surface area contributed by atoms with Gasteiger partial charge < -0.3 is 16.2 Å². The standard InChI is InChI=1S/C16H19N3O2/c1-2-13(17)9-11-3-6-14(7-4-11)21-15-8-5-12(10-19-15)16(18)20/h3-8,10,13H,2,9,17H2,1H3,(H2,18,20). The number of nitrogens with zero attached hydrogens (tertiary/aromatic N) is 1. The number of ether oxygens (including phenoxy) is 1. The molecule has 1 aromatic carbocycles. The lowest BCUT2D eigenvalue weighted by atomic mass is 10.0. The number of pyridine rings is 1. The Morgan fingerprint density at radius 2 is 1.95 bits per heavy atom. The van der Waals surface area contributed by atoms with Gasteiger partial charge in [0.05, 0.1) is 5.56 Å². The predicted molar refractivity (Wildman–Crippen MR) is 81.2 cm³/mol. The Morgan fingerprint density at radius 3 is 2.48 bits per heavy atom. The molecule has 5 heteroatoms. The lowest BCUT2D eigenvalue weighted by Gasteiger charge is -2.09. The van der Waals surface area contributed by atoms with Crippen molar-refractivity contribution in [2.45, 2.75) is 25.8 Å². The van der Waals surface area contributed by atoms with E-state index in [-0.39, 0.29) is 6.04 Å². The maximum Gasteiger partial charge on any atom is 0.250 e. The van der Waals surface area contributed by atoms with Gasteiger partial charge in [-0.15, -0.1) is 0 Å². The van der Waals surface area contributed by atoms with E-state index in [1.165, 1.54) is 11.8 Å². The fraction of sp³-hybridized carbons (Fsp3) is 0.250. The minimum Gasteiger partial charge on any atom is -0.439 e. The van der Waals surface area contributed by atoms with Crippen LogP contribution in [0.4, 0.5) is 0 Å². The van der Waals surface area contributed by atoms with Crippen molar-refractivity contribution in [3.63, 3.8) is 0 Å². The summed E-state index contributed by atoms with van der Waals surface area (Å²) >= 11 is 0. The zero-order chi connectivity index (χ0) is 15.2. The molecule has 110 valence electrons. The van der Waals surface area contributed by atoms with Gasteiger partial charge in [-0.1, -0.05) is 19.1 Å². The van der Waals surface area contributed by atoms with Crippen molar-refractivity contribution in [3.05, 3.63) is 53.7 Å². The number of carbonyl (C=O) groups is 1. The van der Waals surface area contributed by atoms with E-state index in [4.69, 9.17) is 16.2 Å². The summed E-state index contributed by atoms with van der Waals surface area (Å²) in [6.45, 7) is 2.07. The van der Waals surface area contributed by atoms with Crippen LogP contribution < -0.4 is 16.2 Å². The predicted octanol–water partition coefficient (Wildman–Crippen LogP) is 2.25. The van der Waals surface area contributed by atoms with Crippen LogP contribution in [-0.2, 0) is 6.42 Å². The minimum atomic E-state index is -0.509. The number of hydrogen-bond acceptors (Lipinski definition) is 4. The van der Waals surface area contributed by atoms with Crippen LogP contribution in [0.5, 0.6) is 11.6 Å². The van der Waals surface area contributed by atoms with E-state index in [0.717, 1.165) is 12.8 Å². The molecule has 1 amide bonds. The Bertz CT molecular complexity index is 594. The van der Waals surface area contributed by atoms with Crippen LogP contribution in [0.25, 0.3) is 0 Å². The molecule has 1 heterocycles. The molecule has 5 nitrogen and oxygen atoms in total.